The van der Waals surface area contributed by atoms with Gasteiger partial charge < -0.3 is 5.11 Å². The van der Waals surface area contributed by atoms with Crippen LogP contribution >= 0.6 is 0 Å². The average molecular weight is 273 g/mol. The van der Waals surface area contributed by atoms with Crippen LogP contribution in [-0.2, 0) is 0 Å². The second-order valence-corrected chi connectivity index (χ2v) is 5.40. The third kappa shape index (κ3) is 1.81. The first-order valence-electron chi connectivity index (χ1n) is 6.79. The highest BCUT2D eigenvalue weighted by Crippen LogP contribution is 2.42. The Labute approximate surface area is 116 Å². The van der Waals surface area contributed by atoms with Gasteiger partial charge in [-0.3, -0.25) is 14.5 Å². The van der Waals surface area contributed by atoms with Crippen molar-refractivity contribution in [1.29, 1.82) is 0 Å². The van der Waals surface area contributed by atoms with Crippen LogP contribution in [0.1, 0.15) is 57.3 Å². The normalized spacial score (nSPS) is 23.9. The molecule has 1 aromatic rings. The molecule has 1 aromatic carbocycles. The Morgan fingerprint density at radius 1 is 1.30 bits per heavy atom. The maximum absolute atomic E-state index is 12.3. The van der Waals surface area contributed by atoms with Gasteiger partial charge in [0.05, 0.1) is 16.7 Å². The highest BCUT2D eigenvalue weighted by atomic mass is 16.4. The van der Waals surface area contributed by atoms with Gasteiger partial charge in [0, 0.05) is 6.04 Å². The minimum atomic E-state index is -1.10. The van der Waals surface area contributed by atoms with Crippen molar-refractivity contribution in [3.8, 4) is 0 Å². The summed E-state index contributed by atoms with van der Waals surface area (Å²) in [6.45, 7) is 2.08. The number of carbonyl (C=O) groups is 3. The lowest BCUT2D eigenvalue weighted by molar-refractivity contribution is 0.0632. The monoisotopic (exact) mass is 273 g/mol. The number of imide groups is 1. The van der Waals surface area contributed by atoms with Crippen LogP contribution in [0, 0.1) is 5.92 Å². The molecule has 5 nitrogen and oxygen atoms in total. The van der Waals surface area contributed by atoms with Crippen LogP contribution in [-0.4, -0.2) is 33.8 Å². The van der Waals surface area contributed by atoms with E-state index in [-0.39, 0.29) is 29.0 Å². The Balaban J connectivity index is 1.91. The molecule has 2 unspecified atom stereocenters. The summed E-state index contributed by atoms with van der Waals surface area (Å²) < 4.78 is 0. The van der Waals surface area contributed by atoms with Gasteiger partial charge in [0.2, 0.25) is 0 Å². The zero-order valence-corrected chi connectivity index (χ0v) is 11.1. The van der Waals surface area contributed by atoms with Crippen molar-refractivity contribution in [2.75, 3.05) is 0 Å². The Morgan fingerprint density at radius 3 is 2.65 bits per heavy atom. The van der Waals surface area contributed by atoms with Crippen LogP contribution in [0.15, 0.2) is 18.2 Å². The summed E-state index contributed by atoms with van der Waals surface area (Å²) in [5.41, 5.74) is 0.576. The first-order valence-corrected chi connectivity index (χ1v) is 6.79. The van der Waals surface area contributed by atoms with E-state index in [0.717, 1.165) is 19.3 Å². The largest absolute Gasteiger partial charge is 0.478 e. The second-order valence-electron chi connectivity index (χ2n) is 5.40. The smallest absolute Gasteiger partial charge is 0.335 e. The highest BCUT2D eigenvalue weighted by molar-refractivity contribution is 6.22. The number of fused-ring (bicyclic) bond motifs is 1. The van der Waals surface area contributed by atoms with E-state index in [2.05, 4.69) is 6.92 Å². The lowest BCUT2D eigenvalue weighted by Gasteiger charge is -2.13. The van der Waals surface area contributed by atoms with E-state index < -0.39 is 5.97 Å². The molecular weight excluding hydrogens is 258 g/mol. The van der Waals surface area contributed by atoms with Crippen LogP contribution < -0.4 is 0 Å². The fourth-order valence-electron chi connectivity index (χ4n) is 2.92. The van der Waals surface area contributed by atoms with Gasteiger partial charge in [-0.1, -0.05) is 13.3 Å². The number of amides is 2. The predicted molar refractivity (Wildman–Crippen MR) is 70.7 cm³/mol. The van der Waals surface area contributed by atoms with Crippen molar-refractivity contribution in [2.45, 2.75) is 32.2 Å². The summed E-state index contributed by atoms with van der Waals surface area (Å²) in [7, 11) is 0. The van der Waals surface area contributed by atoms with E-state index >= 15 is 0 Å². The summed E-state index contributed by atoms with van der Waals surface area (Å²) >= 11 is 0. The summed E-state index contributed by atoms with van der Waals surface area (Å²) in [4.78, 5) is 36.9. The quantitative estimate of drug-likeness (QED) is 0.853. The molecule has 20 heavy (non-hydrogen) atoms. The molecule has 0 spiro atoms. The Kier molecular flexibility index (Phi) is 2.85. The lowest BCUT2D eigenvalue weighted by Crippen LogP contribution is -2.33. The van der Waals surface area contributed by atoms with Crippen LogP contribution in [0.5, 0.6) is 0 Å². The number of benzene rings is 1. The molecule has 1 aliphatic heterocycles. The van der Waals surface area contributed by atoms with Gasteiger partial charge in [0.1, 0.15) is 0 Å². The summed E-state index contributed by atoms with van der Waals surface area (Å²) in [6, 6.07) is 4.10. The third-order valence-electron chi connectivity index (χ3n) is 4.04. The topological polar surface area (TPSA) is 74.7 Å². The van der Waals surface area contributed by atoms with E-state index in [1.54, 1.807) is 0 Å². The highest BCUT2D eigenvalue weighted by Gasteiger charge is 2.50. The van der Waals surface area contributed by atoms with Gasteiger partial charge in [-0.2, -0.15) is 0 Å². The average Bonchev–Trinajstić information content (AvgIpc) is 3.12. The minimum Gasteiger partial charge on any atom is -0.478 e. The Hall–Kier alpha value is -2.17. The fraction of sp³-hybridized carbons (Fsp3) is 0.400. The van der Waals surface area contributed by atoms with Crippen LogP contribution in [0.3, 0.4) is 0 Å². The van der Waals surface area contributed by atoms with Gasteiger partial charge in [-0.05, 0) is 37.0 Å². The standard InChI is InChI=1S/C15H15NO4/c1-2-3-8-7-12(8)16-13(17)10-5-4-9(15(19)20)6-11(10)14(16)18/h4-6,8,12H,2-3,7H2,1H3,(H,19,20). The maximum Gasteiger partial charge on any atom is 0.335 e. The molecule has 1 fully saturated rings. The molecule has 0 aromatic heterocycles. The van der Waals surface area contributed by atoms with E-state index in [1.807, 2.05) is 0 Å². The zero-order valence-electron chi connectivity index (χ0n) is 11.1. The predicted octanol–water partition coefficient (Wildman–Crippen LogP) is 2.17. The molecule has 1 aliphatic carbocycles. The van der Waals surface area contributed by atoms with E-state index in [0.29, 0.717) is 11.5 Å². The summed E-state index contributed by atoms with van der Waals surface area (Å²) in [5, 5.41) is 8.96. The molecule has 2 amide bonds. The Morgan fingerprint density at radius 2 is 2.00 bits per heavy atom. The maximum atomic E-state index is 12.3. The van der Waals surface area contributed by atoms with Crippen molar-refractivity contribution in [3.05, 3.63) is 34.9 Å². The Bertz CT molecular complexity index is 622. The second kappa shape index (κ2) is 4.44. The van der Waals surface area contributed by atoms with Crippen molar-refractivity contribution in [2.24, 2.45) is 5.92 Å². The van der Waals surface area contributed by atoms with Crippen molar-refractivity contribution in [1.82, 2.24) is 4.90 Å². The molecular formula is C15H15NO4. The number of aromatic carboxylic acids is 1. The summed E-state index contributed by atoms with van der Waals surface area (Å²) in [6.07, 6.45) is 2.91. The molecule has 0 saturated heterocycles. The van der Waals surface area contributed by atoms with Crippen molar-refractivity contribution >= 4 is 17.8 Å². The molecule has 5 heteroatoms. The van der Waals surface area contributed by atoms with Crippen LogP contribution in [0.4, 0.5) is 0 Å². The number of carbonyl (C=O) groups excluding carboxylic acids is 2. The first kappa shape index (κ1) is 12.8. The SMILES string of the molecule is CCCC1CC1N1C(=O)c2ccc(C(=O)O)cc2C1=O. The first-order chi connectivity index (χ1) is 9.54. The van der Waals surface area contributed by atoms with E-state index in [9.17, 15) is 14.4 Å². The molecule has 1 saturated carbocycles. The fourth-order valence-corrected chi connectivity index (χ4v) is 2.92. The molecule has 0 bridgehead atoms. The van der Waals surface area contributed by atoms with Gasteiger partial charge in [0.25, 0.3) is 11.8 Å². The van der Waals surface area contributed by atoms with Gasteiger partial charge in [-0.25, -0.2) is 4.79 Å². The molecule has 1 N–H and O–H groups in total. The van der Waals surface area contributed by atoms with Crippen molar-refractivity contribution in [3.63, 3.8) is 0 Å². The van der Waals surface area contributed by atoms with Crippen LogP contribution in [0.25, 0.3) is 0 Å². The number of hydrogen-bond donors (Lipinski definition) is 1. The molecule has 104 valence electrons. The number of hydrogen-bond acceptors (Lipinski definition) is 3. The van der Waals surface area contributed by atoms with E-state index in [1.165, 1.54) is 23.1 Å². The molecule has 0 radical (unpaired) electrons. The number of carboxylic acids is 1. The van der Waals surface area contributed by atoms with Gasteiger partial charge in [-0.15, -0.1) is 0 Å². The van der Waals surface area contributed by atoms with Gasteiger partial charge in [0.15, 0.2) is 0 Å². The summed E-state index contributed by atoms with van der Waals surface area (Å²) in [5.74, 6) is -1.33. The van der Waals surface area contributed by atoms with Crippen molar-refractivity contribution < 1.29 is 19.5 Å². The molecule has 1 heterocycles. The number of rotatable bonds is 4. The molecule has 2 atom stereocenters. The van der Waals surface area contributed by atoms with Crippen LogP contribution in [0.2, 0.25) is 0 Å². The minimum absolute atomic E-state index is 0.00405. The van der Waals surface area contributed by atoms with E-state index in [4.69, 9.17) is 5.11 Å². The van der Waals surface area contributed by atoms with Gasteiger partial charge >= 0.3 is 5.97 Å². The number of nitrogens with zero attached hydrogens (tertiary/aromatic N) is 1. The number of carboxylic acid groups (broad SMARTS) is 1. The molecule has 2 aliphatic rings. The zero-order chi connectivity index (χ0) is 14.4. The molecule has 3 rings (SSSR count). The third-order valence-corrected chi connectivity index (χ3v) is 4.04. The lowest BCUT2D eigenvalue weighted by atomic mass is 10.1.